The molecule has 0 unspecified atom stereocenters. The van der Waals surface area contributed by atoms with E-state index in [9.17, 15) is 0 Å². The predicted octanol–water partition coefficient (Wildman–Crippen LogP) is 1.29. The molecule has 0 amide bonds. The van der Waals surface area contributed by atoms with E-state index in [2.05, 4.69) is 22.0 Å². The highest BCUT2D eigenvalue weighted by atomic mass is 15.3. The molecule has 1 N–H and O–H groups in total. The van der Waals surface area contributed by atoms with Gasteiger partial charge in [0.15, 0.2) is 0 Å². The monoisotopic (exact) mass is 162 g/mol. The van der Waals surface area contributed by atoms with E-state index in [0.29, 0.717) is 0 Å². The zero-order valence-electron chi connectivity index (χ0n) is 6.86. The Kier molecular flexibility index (Phi) is 1.66. The number of aromatic amines is 1. The molecule has 2 rings (SSSR count). The first kappa shape index (κ1) is 7.09. The summed E-state index contributed by atoms with van der Waals surface area (Å²) in [5.41, 5.74) is 1.90. The van der Waals surface area contributed by atoms with Crippen molar-refractivity contribution in [1.29, 1.82) is 0 Å². The highest BCUT2D eigenvalue weighted by Gasteiger charge is 2.01. The van der Waals surface area contributed by atoms with Gasteiger partial charge in [0.25, 0.3) is 0 Å². The van der Waals surface area contributed by atoms with Gasteiger partial charge in [-0.15, -0.1) is 0 Å². The number of hydrogen-bond donors (Lipinski definition) is 1. The van der Waals surface area contributed by atoms with Gasteiger partial charge in [-0.3, -0.25) is 4.68 Å². The van der Waals surface area contributed by atoms with Gasteiger partial charge in [0.1, 0.15) is 5.69 Å². The van der Waals surface area contributed by atoms with Crippen molar-refractivity contribution in [3.05, 3.63) is 24.8 Å². The van der Waals surface area contributed by atoms with E-state index in [4.69, 9.17) is 0 Å². The molecule has 4 nitrogen and oxygen atoms in total. The molecule has 0 bridgehead atoms. The molecule has 2 heterocycles. The van der Waals surface area contributed by atoms with Crippen LogP contribution in [0.1, 0.15) is 6.92 Å². The number of hydrogen-bond acceptors (Lipinski definition) is 2. The summed E-state index contributed by atoms with van der Waals surface area (Å²) in [7, 11) is 0. The molecule has 12 heavy (non-hydrogen) atoms. The quantitative estimate of drug-likeness (QED) is 0.723. The summed E-state index contributed by atoms with van der Waals surface area (Å²) in [6.07, 6.45) is 5.37. The van der Waals surface area contributed by atoms with Crippen molar-refractivity contribution in [2.75, 3.05) is 0 Å². The molecule has 0 aliphatic heterocycles. The van der Waals surface area contributed by atoms with E-state index in [0.717, 1.165) is 17.9 Å². The van der Waals surface area contributed by atoms with Crippen LogP contribution in [0, 0.1) is 0 Å². The third-order valence-corrected chi connectivity index (χ3v) is 1.74. The number of rotatable bonds is 2. The van der Waals surface area contributed by atoms with Crippen LogP contribution in [0.2, 0.25) is 0 Å². The summed E-state index contributed by atoms with van der Waals surface area (Å²) in [5.74, 6) is 0. The van der Waals surface area contributed by atoms with Crippen LogP contribution in [0.5, 0.6) is 0 Å². The van der Waals surface area contributed by atoms with Gasteiger partial charge in [-0.25, -0.2) is 4.98 Å². The SMILES string of the molecule is CCn1ccc(-c2cnc[nH]2)n1. The first-order valence-corrected chi connectivity index (χ1v) is 3.92. The number of aryl methyl sites for hydroxylation is 1. The maximum absolute atomic E-state index is 4.32. The van der Waals surface area contributed by atoms with Gasteiger partial charge in [0.05, 0.1) is 18.2 Å². The Morgan fingerprint density at radius 1 is 1.58 bits per heavy atom. The van der Waals surface area contributed by atoms with Gasteiger partial charge >= 0.3 is 0 Å². The van der Waals surface area contributed by atoms with Crippen molar-refractivity contribution in [3.8, 4) is 11.4 Å². The molecule has 4 heteroatoms. The summed E-state index contributed by atoms with van der Waals surface area (Å²) in [6.45, 7) is 2.96. The molecular weight excluding hydrogens is 152 g/mol. The maximum atomic E-state index is 4.32. The number of aromatic nitrogens is 4. The number of H-pyrrole nitrogens is 1. The lowest BCUT2D eigenvalue weighted by molar-refractivity contribution is 0.662. The van der Waals surface area contributed by atoms with Crippen LogP contribution in [0.15, 0.2) is 24.8 Å². The van der Waals surface area contributed by atoms with E-state index in [-0.39, 0.29) is 0 Å². The molecule has 0 aromatic carbocycles. The molecular formula is C8H10N4. The van der Waals surface area contributed by atoms with Crippen LogP contribution in [0.25, 0.3) is 11.4 Å². The largest absolute Gasteiger partial charge is 0.343 e. The first-order valence-electron chi connectivity index (χ1n) is 3.92. The fourth-order valence-corrected chi connectivity index (χ4v) is 1.08. The van der Waals surface area contributed by atoms with Crippen molar-refractivity contribution < 1.29 is 0 Å². The summed E-state index contributed by atoms with van der Waals surface area (Å²) < 4.78 is 1.89. The molecule has 0 saturated heterocycles. The van der Waals surface area contributed by atoms with Gasteiger partial charge in [-0.2, -0.15) is 5.10 Å². The number of imidazole rings is 1. The highest BCUT2D eigenvalue weighted by Crippen LogP contribution is 2.11. The lowest BCUT2D eigenvalue weighted by atomic mass is 10.3. The lowest BCUT2D eigenvalue weighted by Gasteiger charge is -1.91. The van der Waals surface area contributed by atoms with Crippen molar-refractivity contribution in [2.45, 2.75) is 13.5 Å². The van der Waals surface area contributed by atoms with E-state index >= 15 is 0 Å². The van der Waals surface area contributed by atoms with Gasteiger partial charge in [-0.05, 0) is 13.0 Å². The average Bonchev–Trinajstić information content (AvgIpc) is 2.75. The Morgan fingerprint density at radius 3 is 3.08 bits per heavy atom. The molecule has 0 saturated carbocycles. The summed E-state index contributed by atoms with van der Waals surface area (Å²) >= 11 is 0. The zero-order valence-corrected chi connectivity index (χ0v) is 6.86. The Balaban J connectivity index is 2.35. The normalized spacial score (nSPS) is 10.4. The minimum Gasteiger partial charge on any atom is -0.343 e. The smallest absolute Gasteiger partial charge is 0.110 e. The Morgan fingerprint density at radius 2 is 2.50 bits per heavy atom. The van der Waals surface area contributed by atoms with Crippen LogP contribution in [0.3, 0.4) is 0 Å². The minimum atomic E-state index is 0.897. The highest BCUT2D eigenvalue weighted by molar-refractivity contribution is 5.51. The van der Waals surface area contributed by atoms with Gasteiger partial charge < -0.3 is 4.98 Å². The van der Waals surface area contributed by atoms with E-state index in [1.807, 2.05) is 16.9 Å². The van der Waals surface area contributed by atoms with Crippen LogP contribution in [-0.4, -0.2) is 19.7 Å². The van der Waals surface area contributed by atoms with Crippen LogP contribution >= 0.6 is 0 Å². The predicted molar refractivity (Wildman–Crippen MR) is 45.5 cm³/mol. The summed E-state index contributed by atoms with van der Waals surface area (Å²) in [6, 6.07) is 1.97. The van der Waals surface area contributed by atoms with Gasteiger partial charge in [0, 0.05) is 12.7 Å². The van der Waals surface area contributed by atoms with Gasteiger partial charge in [0.2, 0.25) is 0 Å². The molecule has 2 aromatic heterocycles. The summed E-state index contributed by atoms with van der Waals surface area (Å²) in [4.78, 5) is 6.93. The average molecular weight is 162 g/mol. The first-order chi connectivity index (χ1) is 5.90. The number of nitrogens with one attached hydrogen (secondary N) is 1. The molecule has 0 radical (unpaired) electrons. The van der Waals surface area contributed by atoms with Crippen LogP contribution in [-0.2, 0) is 6.54 Å². The van der Waals surface area contributed by atoms with Crippen molar-refractivity contribution in [1.82, 2.24) is 19.7 Å². The lowest BCUT2D eigenvalue weighted by Crippen LogP contribution is -1.93. The van der Waals surface area contributed by atoms with Crippen molar-refractivity contribution >= 4 is 0 Å². The Bertz CT molecular complexity index is 347. The second kappa shape index (κ2) is 2.81. The zero-order chi connectivity index (χ0) is 8.39. The van der Waals surface area contributed by atoms with Crippen LogP contribution < -0.4 is 0 Å². The maximum Gasteiger partial charge on any atom is 0.110 e. The van der Waals surface area contributed by atoms with E-state index < -0.39 is 0 Å². The second-order valence-corrected chi connectivity index (χ2v) is 2.52. The topological polar surface area (TPSA) is 46.5 Å². The molecule has 0 aliphatic carbocycles. The Labute approximate surface area is 70.3 Å². The molecule has 62 valence electrons. The fraction of sp³-hybridized carbons (Fsp3) is 0.250. The number of nitrogens with zero attached hydrogens (tertiary/aromatic N) is 3. The molecule has 0 spiro atoms. The Hall–Kier alpha value is -1.58. The third kappa shape index (κ3) is 1.11. The second-order valence-electron chi connectivity index (χ2n) is 2.52. The molecule has 0 aliphatic rings. The van der Waals surface area contributed by atoms with Crippen LogP contribution in [0.4, 0.5) is 0 Å². The molecule has 2 aromatic rings. The molecule has 0 fully saturated rings. The van der Waals surface area contributed by atoms with E-state index in [1.165, 1.54) is 0 Å². The standard InChI is InChI=1S/C8H10N4/c1-2-12-4-3-7(11-12)8-5-9-6-10-8/h3-6H,2H2,1H3,(H,9,10). The molecule has 0 atom stereocenters. The third-order valence-electron chi connectivity index (χ3n) is 1.74. The fourth-order valence-electron chi connectivity index (χ4n) is 1.08. The van der Waals surface area contributed by atoms with Crippen molar-refractivity contribution in [3.63, 3.8) is 0 Å². The van der Waals surface area contributed by atoms with Crippen molar-refractivity contribution in [2.24, 2.45) is 0 Å². The minimum absolute atomic E-state index is 0.897. The van der Waals surface area contributed by atoms with Gasteiger partial charge in [-0.1, -0.05) is 0 Å². The summed E-state index contributed by atoms with van der Waals surface area (Å²) in [5, 5.41) is 4.32. The van der Waals surface area contributed by atoms with E-state index in [1.54, 1.807) is 12.5 Å².